The van der Waals surface area contributed by atoms with Crippen LogP contribution in [0.25, 0.3) is 22.3 Å². The molecule has 1 atom stereocenters. The number of carbonyl (C=O) groups excluding carboxylic acids is 2. The van der Waals surface area contributed by atoms with Gasteiger partial charge in [0.2, 0.25) is 0 Å². The first-order valence-electron chi connectivity index (χ1n) is 13.0. The van der Waals surface area contributed by atoms with Crippen molar-refractivity contribution in [2.24, 2.45) is 0 Å². The molecule has 0 spiro atoms. The predicted octanol–water partition coefficient (Wildman–Crippen LogP) is 6.24. The highest BCUT2D eigenvalue weighted by Gasteiger charge is 2.18. The number of fused-ring (bicyclic) bond motifs is 1. The van der Waals surface area contributed by atoms with Crippen LogP contribution in [-0.4, -0.2) is 32.4 Å². The summed E-state index contributed by atoms with van der Waals surface area (Å²) in [6, 6.07) is 21.2. The summed E-state index contributed by atoms with van der Waals surface area (Å²) in [6.45, 7) is 7.55. The second-order valence-electron chi connectivity index (χ2n) is 10.3. The average molecular weight is 511 g/mol. The molecule has 1 amide bonds. The maximum Gasteiger partial charge on any atom is 0.306 e. The molecule has 0 saturated carbocycles. The highest BCUT2D eigenvalue weighted by Crippen LogP contribution is 2.25. The van der Waals surface area contributed by atoms with Gasteiger partial charge in [-0.3, -0.25) is 9.59 Å². The maximum absolute atomic E-state index is 13.0. The van der Waals surface area contributed by atoms with Gasteiger partial charge >= 0.3 is 5.97 Å². The molecule has 1 N–H and O–H groups in total. The zero-order valence-corrected chi connectivity index (χ0v) is 22.4. The van der Waals surface area contributed by atoms with Crippen LogP contribution in [0.2, 0.25) is 0 Å². The van der Waals surface area contributed by atoms with Crippen molar-refractivity contribution in [3.63, 3.8) is 0 Å². The summed E-state index contributed by atoms with van der Waals surface area (Å²) in [4.78, 5) is 39.2. The van der Waals surface area contributed by atoms with Crippen molar-refractivity contribution in [2.45, 2.75) is 65.0 Å². The number of aryl methyl sites for hydroxylation is 1. The number of aromatic nitrogens is 3. The summed E-state index contributed by atoms with van der Waals surface area (Å²) in [6.07, 6.45) is 4.04. The standard InChI is InChI=1S/C31H34N4O3/c1-21(22-13-7-5-8-14-22)33-30(37)26-19-25-27(20-32-26)35-29(23-15-9-6-10-16-23)24(34-25)17-11-12-18-28(36)38-31(2,3)4/h5-10,13-16,19-21H,11-12,17-18H2,1-4H3,(H,33,37). The van der Waals surface area contributed by atoms with Crippen molar-refractivity contribution in [3.05, 3.63) is 89.9 Å². The third-order valence-corrected chi connectivity index (χ3v) is 6.01. The van der Waals surface area contributed by atoms with Crippen molar-refractivity contribution in [1.82, 2.24) is 20.3 Å². The number of rotatable bonds is 9. The Hall–Kier alpha value is -4.13. The smallest absolute Gasteiger partial charge is 0.306 e. The Bertz CT molecular complexity index is 1400. The van der Waals surface area contributed by atoms with E-state index in [9.17, 15) is 9.59 Å². The first-order chi connectivity index (χ1) is 18.2. The summed E-state index contributed by atoms with van der Waals surface area (Å²) in [5.74, 6) is -0.465. The number of hydrogen-bond acceptors (Lipinski definition) is 6. The largest absolute Gasteiger partial charge is 0.460 e. The van der Waals surface area contributed by atoms with Crippen molar-refractivity contribution in [3.8, 4) is 11.3 Å². The van der Waals surface area contributed by atoms with E-state index in [2.05, 4.69) is 10.3 Å². The molecule has 2 aromatic carbocycles. The number of nitrogens with zero attached hydrogens (tertiary/aromatic N) is 3. The molecule has 0 fully saturated rings. The fraction of sp³-hybridized carbons (Fsp3) is 0.323. The van der Waals surface area contributed by atoms with Gasteiger partial charge in [0.25, 0.3) is 5.91 Å². The van der Waals surface area contributed by atoms with E-state index in [4.69, 9.17) is 14.7 Å². The molecule has 0 saturated heterocycles. The van der Waals surface area contributed by atoms with Crippen LogP contribution in [0.3, 0.4) is 0 Å². The first-order valence-corrected chi connectivity index (χ1v) is 13.0. The second-order valence-corrected chi connectivity index (χ2v) is 10.3. The molecule has 0 bridgehead atoms. The molecular formula is C31H34N4O3. The number of pyridine rings is 1. The number of benzene rings is 2. The van der Waals surface area contributed by atoms with Crippen LogP contribution in [0.1, 0.15) is 74.7 Å². The summed E-state index contributed by atoms with van der Waals surface area (Å²) in [5, 5.41) is 3.00. The number of carbonyl (C=O) groups is 2. The van der Waals surface area contributed by atoms with Crippen LogP contribution in [-0.2, 0) is 16.0 Å². The van der Waals surface area contributed by atoms with E-state index in [0.29, 0.717) is 30.3 Å². The molecule has 2 heterocycles. The Labute approximate surface area is 223 Å². The Morgan fingerprint density at radius 1 is 0.921 bits per heavy atom. The normalized spacial score (nSPS) is 12.2. The van der Waals surface area contributed by atoms with E-state index in [-0.39, 0.29) is 23.6 Å². The van der Waals surface area contributed by atoms with Gasteiger partial charge in [-0.1, -0.05) is 60.7 Å². The first kappa shape index (κ1) is 26.9. The maximum atomic E-state index is 13.0. The van der Waals surface area contributed by atoms with Crippen molar-refractivity contribution in [1.29, 1.82) is 0 Å². The molecule has 0 radical (unpaired) electrons. The van der Waals surface area contributed by atoms with Gasteiger partial charge in [0, 0.05) is 12.0 Å². The molecular weight excluding hydrogens is 476 g/mol. The SMILES string of the molecule is CC(NC(=O)c1cc2nc(CCCCC(=O)OC(C)(C)C)c(-c3ccccc3)nc2cn1)c1ccccc1. The summed E-state index contributed by atoms with van der Waals surface area (Å²) in [5.41, 5.74) is 4.62. The Morgan fingerprint density at radius 2 is 1.61 bits per heavy atom. The lowest BCUT2D eigenvalue weighted by molar-refractivity contribution is -0.154. The van der Waals surface area contributed by atoms with Gasteiger partial charge in [-0.15, -0.1) is 0 Å². The van der Waals surface area contributed by atoms with Crippen LogP contribution in [0.15, 0.2) is 72.9 Å². The number of hydrogen-bond donors (Lipinski definition) is 1. The predicted molar refractivity (Wildman–Crippen MR) is 148 cm³/mol. The minimum absolute atomic E-state index is 0.159. The number of ether oxygens (including phenoxy) is 1. The molecule has 0 aliphatic carbocycles. The van der Waals surface area contributed by atoms with Crippen LogP contribution in [0, 0.1) is 0 Å². The highest BCUT2D eigenvalue weighted by atomic mass is 16.6. The molecule has 4 aromatic rings. The van der Waals surface area contributed by atoms with Gasteiger partial charge in [-0.2, -0.15) is 0 Å². The molecule has 1 unspecified atom stereocenters. The number of amides is 1. The molecule has 0 aliphatic rings. The second kappa shape index (κ2) is 11.9. The molecule has 196 valence electrons. The quantitative estimate of drug-likeness (QED) is 0.212. The molecule has 7 heteroatoms. The molecule has 7 nitrogen and oxygen atoms in total. The van der Waals surface area contributed by atoms with Crippen LogP contribution >= 0.6 is 0 Å². The highest BCUT2D eigenvalue weighted by molar-refractivity contribution is 5.95. The van der Waals surface area contributed by atoms with Gasteiger partial charge in [0.05, 0.1) is 29.1 Å². The van der Waals surface area contributed by atoms with Gasteiger partial charge in [-0.25, -0.2) is 15.0 Å². The lowest BCUT2D eigenvalue weighted by Crippen LogP contribution is -2.27. The lowest BCUT2D eigenvalue weighted by atomic mass is 10.0. The van der Waals surface area contributed by atoms with Gasteiger partial charge in [0.1, 0.15) is 16.8 Å². The third-order valence-electron chi connectivity index (χ3n) is 6.01. The fourth-order valence-corrected chi connectivity index (χ4v) is 4.17. The monoisotopic (exact) mass is 510 g/mol. The van der Waals surface area contributed by atoms with Crippen molar-refractivity contribution < 1.29 is 14.3 Å². The fourth-order valence-electron chi connectivity index (χ4n) is 4.17. The van der Waals surface area contributed by atoms with E-state index < -0.39 is 5.60 Å². The Balaban J connectivity index is 1.54. The van der Waals surface area contributed by atoms with Gasteiger partial charge in [0.15, 0.2) is 0 Å². The minimum Gasteiger partial charge on any atom is -0.460 e. The number of nitrogens with one attached hydrogen (secondary N) is 1. The molecule has 38 heavy (non-hydrogen) atoms. The third kappa shape index (κ3) is 7.22. The van der Waals surface area contributed by atoms with Crippen LogP contribution in [0.4, 0.5) is 0 Å². The van der Waals surface area contributed by atoms with E-state index in [1.807, 2.05) is 88.4 Å². The minimum atomic E-state index is -0.488. The van der Waals surface area contributed by atoms with E-state index in [1.165, 1.54) is 0 Å². The molecule has 0 aliphatic heterocycles. The Morgan fingerprint density at radius 3 is 2.29 bits per heavy atom. The zero-order chi connectivity index (χ0) is 27.1. The lowest BCUT2D eigenvalue weighted by Gasteiger charge is -2.19. The van der Waals surface area contributed by atoms with Gasteiger partial charge < -0.3 is 10.1 Å². The summed E-state index contributed by atoms with van der Waals surface area (Å²) in [7, 11) is 0. The van der Waals surface area contributed by atoms with Crippen molar-refractivity contribution >= 4 is 22.9 Å². The van der Waals surface area contributed by atoms with Gasteiger partial charge in [-0.05, 0) is 58.6 Å². The van der Waals surface area contributed by atoms with E-state index in [1.54, 1.807) is 12.3 Å². The molecule has 2 aromatic heterocycles. The average Bonchev–Trinajstić information content (AvgIpc) is 2.90. The topological polar surface area (TPSA) is 94.1 Å². The van der Waals surface area contributed by atoms with Crippen molar-refractivity contribution in [2.75, 3.05) is 0 Å². The van der Waals surface area contributed by atoms with Crippen LogP contribution in [0.5, 0.6) is 0 Å². The Kier molecular flexibility index (Phi) is 8.46. The number of unbranched alkanes of at least 4 members (excludes halogenated alkanes) is 1. The summed E-state index contributed by atoms with van der Waals surface area (Å²) < 4.78 is 5.42. The van der Waals surface area contributed by atoms with E-state index >= 15 is 0 Å². The zero-order valence-electron chi connectivity index (χ0n) is 22.4. The number of esters is 1. The summed E-state index contributed by atoms with van der Waals surface area (Å²) >= 11 is 0. The van der Waals surface area contributed by atoms with Crippen LogP contribution < -0.4 is 5.32 Å². The molecule has 4 rings (SSSR count). The van der Waals surface area contributed by atoms with E-state index in [0.717, 1.165) is 28.9 Å².